The van der Waals surface area contributed by atoms with E-state index in [4.69, 9.17) is 4.99 Å². The molecule has 2 rings (SSSR count). The Balaban J connectivity index is 2.10. The van der Waals surface area contributed by atoms with Gasteiger partial charge in [0.05, 0.1) is 0 Å². The number of aliphatic imine (C=N–C) groups is 1. The van der Waals surface area contributed by atoms with Crippen molar-refractivity contribution < 1.29 is 0 Å². The summed E-state index contributed by atoms with van der Waals surface area (Å²) >= 11 is 0. The molecule has 2 aliphatic rings. The van der Waals surface area contributed by atoms with Crippen molar-refractivity contribution in [3.63, 3.8) is 0 Å². The van der Waals surface area contributed by atoms with E-state index < -0.39 is 0 Å². The van der Waals surface area contributed by atoms with Crippen molar-refractivity contribution in [2.75, 3.05) is 0 Å². The summed E-state index contributed by atoms with van der Waals surface area (Å²) in [7, 11) is 0. The van der Waals surface area contributed by atoms with Gasteiger partial charge in [-0.3, -0.25) is 4.99 Å². The minimum Gasteiger partial charge on any atom is -0.291 e. The van der Waals surface area contributed by atoms with Crippen LogP contribution in [-0.2, 0) is 0 Å². The Morgan fingerprint density at radius 2 is 2.09 bits per heavy atom. The molecule has 0 aromatic carbocycles. The summed E-state index contributed by atoms with van der Waals surface area (Å²) in [5, 5.41) is 0. The predicted octanol–water partition coefficient (Wildman–Crippen LogP) is 2.80. The second-order valence-corrected chi connectivity index (χ2v) is 3.99. The van der Waals surface area contributed by atoms with Gasteiger partial charge in [0, 0.05) is 11.8 Å². The maximum Gasteiger partial charge on any atom is 0.0471 e. The maximum absolute atomic E-state index is 4.72. The van der Waals surface area contributed by atoms with E-state index in [1.165, 1.54) is 38.5 Å². The van der Waals surface area contributed by atoms with Crippen LogP contribution in [0.4, 0.5) is 0 Å². The van der Waals surface area contributed by atoms with Crippen LogP contribution >= 0.6 is 0 Å². The molecule has 1 fully saturated rings. The number of fused-ring (bicyclic) bond motifs is 1. The first-order chi connectivity index (χ1) is 5.36. The van der Waals surface area contributed by atoms with Crippen LogP contribution in [0.1, 0.15) is 45.4 Å². The third kappa shape index (κ3) is 1.47. The Labute approximate surface area is 68.9 Å². The van der Waals surface area contributed by atoms with Crippen LogP contribution in [0.25, 0.3) is 0 Å². The summed E-state index contributed by atoms with van der Waals surface area (Å²) in [5.74, 6) is 0.889. The molecule has 1 heterocycles. The van der Waals surface area contributed by atoms with Gasteiger partial charge in [-0.2, -0.15) is 0 Å². The van der Waals surface area contributed by atoms with Crippen LogP contribution in [0.15, 0.2) is 4.99 Å². The Hall–Kier alpha value is -0.330. The zero-order chi connectivity index (χ0) is 7.68. The van der Waals surface area contributed by atoms with E-state index in [0.717, 1.165) is 5.92 Å². The summed E-state index contributed by atoms with van der Waals surface area (Å²) in [5.41, 5.74) is 1.55. The highest BCUT2D eigenvalue weighted by molar-refractivity contribution is 5.88. The lowest BCUT2D eigenvalue weighted by Crippen LogP contribution is -2.26. The lowest BCUT2D eigenvalue weighted by atomic mass is 9.81. The molecule has 0 aromatic heterocycles. The first-order valence-corrected chi connectivity index (χ1v) is 4.93. The molecule has 0 aromatic rings. The molecule has 1 saturated carbocycles. The van der Waals surface area contributed by atoms with Gasteiger partial charge in [-0.1, -0.05) is 6.42 Å². The van der Waals surface area contributed by atoms with Crippen molar-refractivity contribution in [3.05, 3.63) is 0 Å². The fraction of sp³-hybridized carbons (Fsp3) is 0.900. The van der Waals surface area contributed by atoms with E-state index in [2.05, 4.69) is 6.92 Å². The molecular formula is C10H17N. The minimum atomic E-state index is 0.624. The molecule has 0 N–H and O–H groups in total. The van der Waals surface area contributed by atoms with Crippen molar-refractivity contribution in [3.8, 4) is 0 Å². The standard InChI is InChI=1S/C10H17N/c1-8-6-7-9-4-2-3-5-10(9)11-8/h8-9H,2-7H2,1H3/t8?,9-/m0/s1. The van der Waals surface area contributed by atoms with E-state index in [9.17, 15) is 0 Å². The highest BCUT2D eigenvalue weighted by Gasteiger charge is 2.24. The van der Waals surface area contributed by atoms with Gasteiger partial charge in [0.2, 0.25) is 0 Å². The molecule has 0 radical (unpaired) electrons. The van der Waals surface area contributed by atoms with Crippen LogP contribution in [0.5, 0.6) is 0 Å². The first-order valence-electron chi connectivity index (χ1n) is 4.93. The van der Waals surface area contributed by atoms with Crippen LogP contribution in [0.3, 0.4) is 0 Å². The normalized spacial score (nSPS) is 37.7. The lowest BCUT2D eigenvalue weighted by molar-refractivity contribution is 0.435. The van der Waals surface area contributed by atoms with Gasteiger partial charge in [-0.15, -0.1) is 0 Å². The fourth-order valence-corrected chi connectivity index (χ4v) is 2.34. The van der Waals surface area contributed by atoms with Gasteiger partial charge in [-0.25, -0.2) is 0 Å². The number of rotatable bonds is 0. The van der Waals surface area contributed by atoms with Gasteiger partial charge >= 0.3 is 0 Å². The number of nitrogens with zero attached hydrogens (tertiary/aromatic N) is 1. The average molecular weight is 151 g/mol. The van der Waals surface area contributed by atoms with Gasteiger partial charge < -0.3 is 0 Å². The number of hydrogen-bond acceptors (Lipinski definition) is 1. The molecule has 62 valence electrons. The van der Waals surface area contributed by atoms with Crippen LogP contribution in [0.2, 0.25) is 0 Å². The first kappa shape index (κ1) is 7.33. The SMILES string of the molecule is CC1CC[C@@H]2CCCCC2=N1. The monoisotopic (exact) mass is 151 g/mol. The highest BCUT2D eigenvalue weighted by atomic mass is 14.8. The molecular weight excluding hydrogens is 134 g/mol. The van der Waals surface area contributed by atoms with Crippen molar-refractivity contribution in [1.29, 1.82) is 0 Å². The molecule has 0 saturated heterocycles. The lowest BCUT2D eigenvalue weighted by Gasteiger charge is -2.29. The topological polar surface area (TPSA) is 12.4 Å². The van der Waals surface area contributed by atoms with Crippen molar-refractivity contribution in [2.24, 2.45) is 10.9 Å². The van der Waals surface area contributed by atoms with E-state index in [1.54, 1.807) is 5.71 Å². The average Bonchev–Trinajstić information content (AvgIpc) is 2.04. The Morgan fingerprint density at radius 1 is 1.18 bits per heavy atom. The van der Waals surface area contributed by atoms with Crippen molar-refractivity contribution >= 4 is 5.71 Å². The Morgan fingerprint density at radius 3 is 3.00 bits per heavy atom. The van der Waals surface area contributed by atoms with Crippen molar-refractivity contribution in [1.82, 2.24) is 0 Å². The fourth-order valence-electron chi connectivity index (χ4n) is 2.34. The third-order valence-corrected chi connectivity index (χ3v) is 3.03. The third-order valence-electron chi connectivity index (χ3n) is 3.03. The quantitative estimate of drug-likeness (QED) is 0.505. The number of hydrogen-bond donors (Lipinski definition) is 0. The molecule has 1 unspecified atom stereocenters. The molecule has 1 heteroatoms. The second kappa shape index (κ2) is 2.96. The zero-order valence-corrected chi connectivity index (χ0v) is 7.34. The molecule has 1 aliphatic heterocycles. The van der Waals surface area contributed by atoms with Gasteiger partial charge in [-0.05, 0) is 44.9 Å². The molecule has 0 amide bonds. The smallest absolute Gasteiger partial charge is 0.0471 e. The predicted molar refractivity (Wildman–Crippen MR) is 48.1 cm³/mol. The molecule has 1 nitrogen and oxygen atoms in total. The van der Waals surface area contributed by atoms with Crippen LogP contribution in [-0.4, -0.2) is 11.8 Å². The summed E-state index contributed by atoms with van der Waals surface area (Å²) in [6.45, 7) is 2.25. The van der Waals surface area contributed by atoms with Gasteiger partial charge in [0.15, 0.2) is 0 Å². The largest absolute Gasteiger partial charge is 0.291 e. The maximum atomic E-state index is 4.72. The molecule has 11 heavy (non-hydrogen) atoms. The van der Waals surface area contributed by atoms with Crippen LogP contribution in [0, 0.1) is 5.92 Å². The second-order valence-electron chi connectivity index (χ2n) is 3.99. The van der Waals surface area contributed by atoms with Crippen molar-refractivity contribution in [2.45, 2.75) is 51.5 Å². The summed E-state index contributed by atoms with van der Waals surface area (Å²) in [6, 6.07) is 0.624. The van der Waals surface area contributed by atoms with E-state index >= 15 is 0 Å². The minimum absolute atomic E-state index is 0.624. The van der Waals surface area contributed by atoms with Gasteiger partial charge in [0.25, 0.3) is 0 Å². The molecule has 2 atom stereocenters. The molecule has 0 spiro atoms. The van der Waals surface area contributed by atoms with E-state index in [0.29, 0.717) is 6.04 Å². The Bertz CT molecular complexity index is 172. The summed E-state index contributed by atoms with van der Waals surface area (Å²) in [6.07, 6.45) is 8.30. The molecule has 1 aliphatic carbocycles. The van der Waals surface area contributed by atoms with E-state index in [-0.39, 0.29) is 0 Å². The van der Waals surface area contributed by atoms with Crippen LogP contribution < -0.4 is 0 Å². The highest BCUT2D eigenvalue weighted by Crippen LogP contribution is 2.30. The Kier molecular flexibility index (Phi) is 1.97. The summed E-state index contributed by atoms with van der Waals surface area (Å²) < 4.78 is 0. The van der Waals surface area contributed by atoms with Gasteiger partial charge in [0.1, 0.15) is 0 Å². The summed E-state index contributed by atoms with van der Waals surface area (Å²) in [4.78, 5) is 4.72. The zero-order valence-electron chi connectivity index (χ0n) is 7.34. The van der Waals surface area contributed by atoms with E-state index in [1.807, 2.05) is 0 Å². The molecule has 0 bridgehead atoms.